The number of halogens is 3. The smallest absolute Gasteiger partial charge is 0.478 e. The van der Waals surface area contributed by atoms with Gasteiger partial charge in [-0.2, -0.15) is 0 Å². The predicted octanol–water partition coefficient (Wildman–Crippen LogP) is 6.44. The largest absolute Gasteiger partial charge is 0.573 e. The van der Waals surface area contributed by atoms with Crippen LogP contribution in [0.25, 0.3) is 0 Å². The van der Waals surface area contributed by atoms with Crippen molar-refractivity contribution in [2.75, 3.05) is 7.11 Å². The Balaban J connectivity index is 1.77. The van der Waals surface area contributed by atoms with Crippen LogP contribution >= 0.6 is 0 Å². The van der Waals surface area contributed by atoms with E-state index in [9.17, 15) is 23.1 Å². The van der Waals surface area contributed by atoms with Crippen molar-refractivity contribution < 1.29 is 37.3 Å². The average Bonchev–Trinajstić information content (AvgIpc) is 3.49. The van der Waals surface area contributed by atoms with Crippen molar-refractivity contribution in [1.82, 2.24) is 0 Å². The van der Waals surface area contributed by atoms with Crippen LogP contribution < -0.4 is 9.47 Å². The summed E-state index contributed by atoms with van der Waals surface area (Å²) in [6.07, 6.45) is -4.12. The Morgan fingerprint density at radius 3 is 2.21 bits per heavy atom. The van der Waals surface area contributed by atoms with Crippen molar-refractivity contribution in [2.24, 2.45) is 5.92 Å². The van der Waals surface area contributed by atoms with Gasteiger partial charge in [-0.3, -0.25) is 0 Å². The molecule has 1 fully saturated rings. The predicted molar refractivity (Wildman–Crippen MR) is 117 cm³/mol. The lowest BCUT2D eigenvalue weighted by atomic mass is 9.95. The van der Waals surface area contributed by atoms with Gasteiger partial charge in [0.25, 0.3) is 0 Å². The van der Waals surface area contributed by atoms with Gasteiger partial charge in [-0.15, -0.1) is 13.2 Å². The number of ether oxygens (including phenoxy) is 3. The van der Waals surface area contributed by atoms with Gasteiger partial charge in [-0.1, -0.05) is 38.1 Å². The molecule has 33 heavy (non-hydrogen) atoms. The van der Waals surface area contributed by atoms with E-state index in [2.05, 4.69) is 10.8 Å². The Morgan fingerprint density at radius 2 is 1.70 bits per heavy atom. The van der Waals surface area contributed by atoms with E-state index in [1.54, 1.807) is 19.2 Å². The van der Waals surface area contributed by atoms with Crippen molar-refractivity contribution in [1.29, 1.82) is 0 Å². The number of benzene rings is 2. The summed E-state index contributed by atoms with van der Waals surface area (Å²) in [5.74, 6) is -0.247. The molecule has 0 radical (unpaired) electrons. The van der Waals surface area contributed by atoms with Gasteiger partial charge in [0, 0.05) is 7.11 Å². The highest BCUT2D eigenvalue weighted by Gasteiger charge is 2.45. The summed E-state index contributed by atoms with van der Waals surface area (Å²) in [5, 5.41) is 9.39. The van der Waals surface area contributed by atoms with Crippen LogP contribution in [-0.2, 0) is 9.53 Å². The fourth-order valence-electron chi connectivity index (χ4n) is 4.01. The van der Waals surface area contributed by atoms with Gasteiger partial charge < -0.3 is 19.3 Å². The molecule has 0 heterocycles. The van der Waals surface area contributed by atoms with Crippen LogP contribution in [-0.4, -0.2) is 30.1 Å². The number of carboxylic acids is 1. The minimum atomic E-state index is -4.73. The van der Waals surface area contributed by atoms with Crippen LogP contribution in [0.1, 0.15) is 68.7 Å². The van der Waals surface area contributed by atoms with Crippen LogP contribution in [0.3, 0.4) is 0 Å². The first-order valence-electron chi connectivity index (χ1n) is 10.8. The monoisotopic (exact) mass is 466 g/mol. The van der Waals surface area contributed by atoms with Gasteiger partial charge in [0.15, 0.2) is 5.60 Å². The molecule has 8 heteroatoms. The van der Waals surface area contributed by atoms with E-state index in [1.807, 2.05) is 26.0 Å². The summed E-state index contributed by atoms with van der Waals surface area (Å²) in [6.45, 7) is 7.07. The third kappa shape index (κ3) is 5.99. The van der Waals surface area contributed by atoms with Crippen molar-refractivity contribution in [3.05, 3.63) is 59.2 Å². The Kier molecular flexibility index (Phi) is 6.98. The molecule has 3 atom stereocenters. The highest BCUT2D eigenvalue weighted by molar-refractivity contribution is 5.76. The van der Waals surface area contributed by atoms with Crippen molar-refractivity contribution in [3.63, 3.8) is 0 Å². The van der Waals surface area contributed by atoms with Crippen molar-refractivity contribution in [3.8, 4) is 11.5 Å². The summed E-state index contributed by atoms with van der Waals surface area (Å²) < 4.78 is 52.7. The summed E-state index contributed by atoms with van der Waals surface area (Å²) in [5.41, 5.74) is 1.46. The van der Waals surface area contributed by atoms with E-state index in [1.165, 1.54) is 26.0 Å². The van der Waals surface area contributed by atoms with E-state index in [-0.39, 0.29) is 29.6 Å². The SMILES string of the molecule is COC(c1ccc(OC(F)(F)F)cc1)C1CC1c1ccc(OC(C)(C)C(=O)O)c(C(C)C)c1. The maximum Gasteiger partial charge on any atom is 0.573 e. The third-order valence-corrected chi connectivity index (χ3v) is 5.89. The molecule has 0 spiro atoms. The summed E-state index contributed by atoms with van der Waals surface area (Å²) in [6, 6.07) is 11.6. The van der Waals surface area contributed by atoms with Gasteiger partial charge in [0.1, 0.15) is 11.5 Å². The van der Waals surface area contributed by atoms with Gasteiger partial charge in [0.2, 0.25) is 0 Å². The number of hydrogen-bond donors (Lipinski definition) is 1. The minimum absolute atomic E-state index is 0.126. The van der Waals surface area contributed by atoms with Gasteiger partial charge in [-0.05, 0) is 72.9 Å². The Labute approximate surface area is 191 Å². The zero-order chi connectivity index (χ0) is 24.6. The van der Waals surface area contributed by atoms with Gasteiger partial charge in [0.05, 0.1) is 6.10 Å². The number of methoxy groups -OCH3 is 1. The molecule has 1 saturated carbocycles. The standard InChI is InChI=1S/C25H29F3O5/c1-14(2)18-12-16(8-11-21(18)33-24(3,4)23(29)30)19-13-20(19)22(31-5)15-6-9-17(10-7-15)32-25(26,27)28/h6-12,14,19-20,22H,13H2,1-5H3,(H,29,30). The summed E-state index contributed by atoms with van der Waals surface area (Å²) >= 11 is 0. The maximum absolute atomic E-state index is 12.4. The molecule has 2 aromatic carbocycles. The normalized spacial score (nSPS) is 19.3. The van der Waals surface area contributed by atoms with Crippen LogP contribution in [0, 0.1) is 5.92 Å². The molecule has 180 valence electrons. The molecule has 3 rings (SSSR count). The first-order chi connectivity index (χ1) is 15.3. The highest BCUT2D eigenvalue weighted by atomic mass is 19.4. The third-order valence-electron chi connectivity index (χ3n) is 5.89. The molecular weight excluding hydrogens is 437 g/mol. The number of hydrogen-bond acceptors (Lipinski definition) is 4. The summed E-state index contributed by atoms with van der Waals surface area (Å²) in [4.78, 5) is 11.5. The fraction of sp³-hybridized carbons (Fsp3) is 0.480. The topological polar surface area (TPSA) is 65.0 Å². The number of carbonyl (C=O) groups is 1. The van der Waals surface area contributed by atoms with Crippen molar-refractivity contribution >= 4 is 5.97 Å². The highest BCUT2D eigenvalue weighted by Crippen LogP contribution is 2.56. The molecule has 2 aromatic rings. The molecule has 0 amide bonds. The number of rotatable bonds is 9. The molecule has 1 aliphatic carbocycles. The Morgan fingerprint density at radius 1 is 1.06 bits per heavy atom. The Hall–Kier alpha value is -2.74. The second-order valence-electron chi connectivity index (χ2n) is 9.15. The number of carboxylic acid groups (broad SMARTS) is 1. The van der Waals surface area contributed by atoms with Crippen LogP contribution in [0.4, 0.5) is 13.2 Å². The van der Waals surface area contributed by atoms with E-state index < -0.39 is 17.9 Å². The van der Waals surface area contributed by atoms with E-state index in [0.717, 1.165) is 23.1 Å². The molecule has 1 aliphatic rings. The zero-order valence-corrected chi connectivity index (χ0v) is 19.3. The molecule has 3 unspecified atom stereocenters. The molecule has 0 aliphatic heterocycles. The molecule has 0 bridgehead atoms. The van der Waals surface area contributed by atoms with Crippen LogP contribution in [0.2, 0.25) is 0 Å². The molecule has 1 N–H and O–H groups in total. The molecular formula is C25H29F3O5. The van der Waals surface area contributed by atoms with Gasteiger partial charge in [-0.25, -0.2) is 4.79 Å². The quantitative estimate of drug-likeness (QED) is 0.461. The fourth-order valence-corrected chi connectivity index (χ4v) is 4.01. The zero-order valence-electron chi connectivity index (χ0n) is 19.3. The molecule has 5 nitrogen and oxygen atoms in total. The first-order valence-corrected chi connectivity index (χ1v) is 10.8. The van der Waals surface area contributed by atoms with Crippen molar-refractivity contribution in [2.45, 2.75) is 64.0 Å². The lowest BCUT2D eigenvalue weighted by Crippen LogP contribution is -2.38. The average molecular weight is 466 g/mol. The van der Waals surface area contributed by atoms with Crippen LogP contribution in [0.15, 0.2) is 42.5 Å². The van der Waals surface area contributed by atoms with Crippen LogP contribution in [0.5, 0.6) is 11.5 Å². The lowest BCUT2D eigenvalue weighted by Gasteiger charge is -2.25. The minimum Gasteiger partial charge on any atom is -0.478 e. The number of alkyl halides is 3. The van der Waals surface area contributed by atoms with E-state index >= 15 is 0 Å². The molecule has 0 saturated heterocycles. The molecule has 0 aromatic heterocycles. The first kappa shape index (κ1) is 24.9. The second kappa shape index (κ2) is 9.25. The van der Waals surface area contributed by atoms with Gasteiger partial charge >= 0.3 is 12.3 Å². The lowest BCUT2D eigenvalue weighted by molar-refractivity contribution is -0.274. The Bertz CT molecular complexity index is 983. The summed E-state index contributed by atoms with van der Waals surface area (Å²) in [7, 11) is 1.59. The second-order valence-corrected chi connectivity index (χ2v) is 9.15. The maximum atomic E-state index is 12.4. The van der Waals surface area contributed by atoms with E-state index in [0.29, 0.717) is 5.75 Å². The van der Waals surface area contributed by atoms with E-state index in [4.69, 9.17) is 9.47 Å². The number of aliphatic carboxylic acids is 1.